The van der Waals surface area contributed by atoms with Gasteiger partial charge in [0.25, 0.3) is 0 Å². The van der Waals surface area contributed by atoms with Crippen molar-refractivity contribution < 1.29 is 9.59 Å². The van der Waals surface area contributed by atoms with Crippen molar-refractivity contribution in [1.29, 1.82) is 0 Å². The molecule has 3 rings (SSSR count). The maximum Gasteiger partial charge on any atom is 0.231 e. The molecule has 6 nitrogen and oxygen atoms in total. The summed E-state index contributed by atoms with van der Waals surface area (Å²) in [6, 6.07) is 5.93. The fourth-order valence-corrected chi connectivity index (χ4v) is 4.80. The number of aryl methyl sites for hydroxylation is 2. The van der Waals surface area contributed by atoms with Crippen LogP contribution in [0.15, 0.2) is 22.5 Å². The Morgan fingerprint density at radius 2 is 2.15 bits per heavy atom. The zero-order valence-corrected chi connectivity index (χ0v) is 17.6. The highest BCUT2D eigenvalue weighted by molar-refractivity contribution is 8.01. The summed E-state index contributed by atoms with van der Waals surface area (Å²) in [4.78, 5) is 26.7. The number of aromatic nitrogens is 2. The molecule has 1 aromatic heterocycles. The Labute approximate surface area is 167 Å². The number of anilines is 2. The first-order valence-corrected chi connectivity index (χ1v) is 10.8. The number of hydrogen-bond acceptors (Lipinski definition) is 6. The lowest BCUT2D eigenvalue weighted by Crippen LogP contribution is -2.28. The third-order valence-corrected chi connectivity index (χ3v) is 7.00. The van der Waals surface area contributed by atoms with Crippen LogP contribution in [-0.2, 0) is 9.59 Å². The van der Waals surface area contributed by atoms with Crippen molar-refractivity contribution in [3.8, 4) is 0 Å². The molecular weight excluding hydrogens is 380 g/mol. The van der Waals surface area contributed by atoms with Gasteiger partial charge >= 0.3 is 0 Å². The van der Waals surface area contributed by atoms with Crippen LogP contribution in [0.5, 0.6) is 0 Å². The highest BCUT2D eigenvalue weighted by Gasteiger charge is 2.35. The summed E-state index contributed by atoms with van der Waals surface area (Å²) in [6.07, 6.45) is 1.26. The van der Waals surface area contributed by atoms with Crippen molar-refractivity contribution in [2.75, 3.05) is 16.8 Å². The number of carbonyl (C=O) groups excluding carboxylic acids is 2. The zero-order chi connectivity index (χ0) is 19.6. The number of carbonyl (C=O) groups is 2. The van der Waals surface area contributed by atoms with Crippen molar-refractivity contribution >= 4 is 45.7 Å². The lowest BCUT2D eigenvalue weighted by molar-refractivity contribution is -0.122. The monoisotopic (exact) mass is 404 g/mol. The molecule has 1 N–H and O–H groups in total. The van der Waals surface area contributed by atoms with Gasteiger partial charge in [-0.3, -0.25) is 9.59 Å². The molecule has 1 aliphatic rings. The van der Waals surface area contributed by atoms with Crippen LogP contribution in [0.1, 0.15) is 37.8 Å². The number of nitrogens with zero attached hydrogens (tertiary/aromatic N) is 3. The molecule has 0 saturated carbocycles. The molecular formula is C19H24N4O2S2. The van der Waals surface area contributed by atoms with Gasteiger partial charge in [0.15, 0.2) is 4.34 Å². The van der Waals surface area contributed by atoms with E-state index in [1.54, 1.807) is 16.7 Å². The third-order valence-electron chi connectivity index (χ3n) is 4.81. The number of amides is 2. The van der Waals surface area contributed by atoms with Gasteiger partial charge in [0, 0.05) is 23.9 Å². The average Bonchev–Trinajstić information content (AvgIpc) is 3.23. The summed E-state index contributed by atoms with van der Waals surface area (Å²) in [5.41, 5.74) is 3.16. The molecule has 2 atom stereocenters. The Kier molecular flexibility index (Phi) is 6.16. The summed E-state index contributed by atoms with van der Waals surface area (Å²) in [5.74, 6) is -0.580. The Bertz CT molecular complexity index is 852. The molecule has 1 saturated heterocycles. The maximum atomic E-state index is 12.6. The molecule has 1 aromatic carbocycles. The van der Waals surface area contributed by atoms with Crippen LogP contribution in [0.3, 0.4) is 0 Å². The van der Waals surface area contributed by atoms with E-state index in [0.717, 1.165) is 22.0 Å². The van der Waals surface area contributed by atoms with Crippen molar-refractivity contribution in [2.24, 2.45) is 5.92 Å². The first-order chi connectivity index (χ1) is 12.9. The molecule has 144 valence electrons. The molecule has 8 heteroatoms. The maximum absolute atomic E-state index is 12.6. The van der Waals surface area contributed by atoms with E-state index >= 15 is 0 Å². The van der Waals surface area contributed by atoms with Gasteiger partial charge in [0.05, 0.1) is 5.92 Å². The summed E-state index contributed by atoms with van der Waals surface area (Å²) in [6.45, 7) is 8.71. The summed E-state index contributed by atoms with van der Waals surface area (Å²) in [5, 5.41) is 11.9. The highest BCUT2D eigenvalue weighted by Crippen LogP contribution is 2.31. The number of rotatable bonds is 6. The smallest absolute Gasteiger partial charge is 0.231 e. The number of benzene rings is 1. The largest absolute Gasteiger partial charge is 0.312 e. The molecule has 0 aliphatic carbocycles. The Balaban J connectivity index is 1.63. The van der Waals surface area contributed by atoms with Crippen molar-refractivity contribution in [1.82, 2.24) is 10.2 Å². The predicted molar refractivity (Wildman–Crippen MR) is 111 cm³/mol. The average molecular weight is 405 g/mol. The fourth-order valence-electron chi connectivity index (χ4n) is 2.80. The molecule has 2 amide bonds. The second-order valence-corrected chi connectivity index (χ2v) is 9.54. The van der Waals surface area contributed by atoms with E-state index < -0.39 is 0 Å². The van der Waals surface area contributed by atoms with E-state index in [1.165, 1.54) is 16.9 Å². The molecule has 0 spiro atoms. The summed E-state index contributed by atoms with van der Waals surface area (Å²) >= 11 is 3.03. The molecule has 0 unspecified atom stereocenters. The summed E-state index contributed by atoms with van der Waals surface area (Å²) in [7, 11) is 0. The predicted octanol–water partition coefficient (Wildman–Crippen LogP) is 4.04. The third kappa shape index (κ3) is 4.68. The molecule has 1 fully saturated rings. The van der Waals surface area contributed by atoms with E-state index in [-0.39, 0.29) is 24.2 Å². The minimum Gasteiger partial charge on any atom is -0.312 e. The lowest BCUT2D eigenvalue weighted by Gasteiger charge is -2.17. The first-order valence-electron chi connectivity index (χ1n) is 9.06. The Morgan fingerprint density at radius 1 is 1.37 bits per heavy atom. The Morgan fingerprint density at radius 3 is 2.85 bits per heavy atom. The van der Waals surface area contributed by atoms with Crippen LogP contribution in [0.25, 0.3) is 0 Å². The first kappa shape index (κ1) is 19.8. The van der Waals surface area contributed by atoms with Gasteiger partial charge < -0.3 is 10.2 Å². The van der Waals surface area contributed by atoms with Gasteiger partial charge in [-0.05, 0) is 43.5 Å². The number of nitrogens with one attached hydrogen (secondary N) is 1. The van der Waals surface area contributed by atoms with Gasteiger partial charge in [-0.1, -0.05) is 43.0 Å². The molecule has 1 aliphatic heterocycles. The van der Waals surface area contributed by atoms with Crippen LogP contribution < -0.4 is 10.2 Å². The minimum absolute atomic E-state index is 0.0244. The second kappa shape index (κ2) is 8.39. The van der Waals surface area contributed by atoms with Crippen LogP contribution in [0.2, 0.25) is 0 Å². The van der Waals surface area contributed by atoms with E-state index in [2.05, 4.69) is 29.4 Å². The Hall–Kier alpha value is -1.93. The van der Waals surface area contributed by atoms with Crippen molar-refractivity contribution in [2.45, 2.75) is 50.1 Å². The van der Waals surface area contributed by atoms with Crippen LogP contribution in [0, 0.1) is 19.8 Å². The molecule has 2 aromatic rings. The van der Waals surface area contributed by atoms with Gasteiger partial charge in [0.2, 0.25) is 16.9 Å². The van der Waals surface area contributed by atoms with E-state index in [0.29, 0.717) is 16.9 Å². The zero-order valence-electron chi connectivity index (χ0n) is 16.0. The van der Waals surface area contributed by atoms with Gasteiger partial charge in [0.1, 0.15) is 0 Å². The van der Waals surface area contributed by atoms with Gasteiger partial charge in [-0.15, -0.1) is 10.2 Å². The van der Waals surface area contributed by atoms with Gasteiger partial charge in [-0.25, -0.2) is 0 Å². The SMILES string of the molecule is CC[C@@H](C)Sc1nnc(NC(=O)[C@@H]2CC(=O)N(c3ccc(C)c(C)c3)C2)s1. The second-order valence-electron chi connectivity index (χ2n) is 6.87. The van der Waals surface area contributed by atoms with E-state index in [1.807, 2.05) is 32.0 Å². The molecule has 2 heterocycles. The molecule has 0 bridgehead atoms. The van der Waals surface area contributed by atoms with Crippen molar-refractivity contribution in [3.63, 3.8) is 0 Å². The van der Waals surface area contributed by atoms with Crippen LogP contribution >= 0.6 is 23.1 Å². The number of hydrogen-bond donors (Lipinski definition) is 1. The molecule has 0 radical (unpaired) electrons. The van der Waals surface area contributed by atoms with E-state index in [9.17, 15) is 9.59 Å². The van der Waals surface area contributed by atoms with E-state index in [4.69, 9.17) is 0 Å². The quantitative estimate of drug-likeness (QED) is 0.581. The van der Waals surface area contributed by atoms with Gasteiger partial charge in [-0.2, -0.15) is 0 Å². The van der Waals surface area contributed by atoms with Crippen LogP contribution in [-0.4, -0.2) is 33.8 Å². The number of thioether (sulfide) groups is 1. The minimum atomic E-state index is -0.381. The summed E-state index contributed by atoms with van der Waals surface area (Å²) < 4.78 is 0.846. The fraction of sp³-hybridized carbons (Fsp3) is 0.474. The topological polar surface area (TPSA) is 75.2 Å². The van der Waals surface area contributed by atoms with Crippen molar-refractivity contribution in [3.05, 3.63) is 29.3 Å². The lowest BCUT2D eigenvalue weighted by atomic mass is 10.1. The normalized spacial score (nSPS) is 18.0. The standard InChI is InChI=1S/C19H24N4O2S2/c1-5-13(4)26-19-22-21-18(27-19)20-17(25)14-9-16(24)23(10-14)15-7-6-11(2)12(3)8-15/h6-8,13-14H,5,9-10H2,1-4H3,(H,20,21,25)/t13-,14-/m1/s1. The highest BCUT2D eigenvalue weighted by atomic mass is 32.2. The van der Waals surface area contributed by atoms with Crippen LogP contribution in [0.4, 0.5) is 10.8 Å². The molecule has 27 heavy (non-hydrogen) atoms.